The third-order valence-electron chi connectivity index (χ3n) is 7.05. The molecule has 0 spiro atoms. The molecule has 48 heavy (non-hydrogen) atoms. The number of rotatable bonds is 21. The van der Waals surface area contributed by atoms with Crippen molar-refractivity contribution in [3.63, 3.8) is 0 Å². The van der Waals surface area contributed by atoms with E-state index in [-0.39, 0.29) is 35.1 Å². The Bertz CT molecular complexity index is 1480. The number of amides is 1. The molecule has 5 nitrogen and oxygen atoms in total. The molecule has 2 aromatic carbocycles. The average Bonchev–Trinajstić information content (AvgIpc) is 3.05. The predicted octanol–water partition coefficient (Wildman–Crippen LogP) is 10.4. The van der Waals surface area contributed by atoms with Crippen LogP contribution in [0.3, 0.4) is 0 Å². The van der Waals surface area contributed by atoms with Gasteiger partial charge >= 0.3 is 5.97 Å². The zero-order valence-electron chi connectivity index (χ0n) is 28.4. The van der Waals surface area contributed by atoms with Crippen LogP contribution in [0.1, 0.15) is 88.9 Å². The fraction of sp³-hybridized carbons (Fsp3) is 0.341. The van der Waals surface area contributed by atoms with Gasteiger partial charge in [0.25, 0.3) is 0 Å². The number of halogens is 2. The Morgan fingerprint density at radius 1 is 0.771 bits per heavy atom. The van der Waals surface area contributed by atoms with Gasteiger partial charge in [-0.25, -0.2) is 13.6 Å². The zero-order chi connectivity index (χ0) is 35.0. The molecule has 0 radical (unpaired) electrons. The average molecular weight is 658 g/mol. The number of carbonyl (C=O) groups excluding carboxylic acids is 3. The van der Waals surface area contributed by atoms with Crippen molar-refractivity contribution in [2.45, 2.75) is 84.6 Å². The Morgan fingerprint density at radius 2 is 1.33 bits per heavy atom. The first-order valence-corrected chi connectivity index (χ1v) is 16.7. The van der Waals surface area contributed by atoms with Crippen molar-refractivity contribution in [3.05, 3.63) is 127 Å². The summed E-state index contributed by atoms with van der Waals surface area (Å²) in [6.45, 7) is 5.98. The highest BCUT2D eigenvalue weighted by atomic mass is 19.1. The second kappa shape index (κ2) is 23.6. The standard InChI is InChI=1S/C41H49F2NO4/c1-4-5-6-7-8-9-10-11-12-13-14-15-16-17-18-19-20-21-22-23-40(46)44-38(28-32(2)3)41(47)48-39-27-24-33(29-34(39)31-45)36-26-25-35(42)30-37(36)43/h5-6,8-9,11-12,14-15,17-18,20-21,24-27,29-32,38H,4,7,10,13,16,19,22-23,28H2,1-3H3,(H,44,46)/b6-5-,9-8-,12-11-,15-14-,18-17-,21-20-. The van der Waals surface area contributed by atoms with Crippen LogP contribution in [0.25, 0.3) is 11.1 Å². The molecule has 256 valence electrons. The normalized spacial score (nSPS) is 12.9. The van der Waals surface area contributed by atoms with Crippen molar-refractivity contribution in [2.24, 2.45) is 5.92 Å². The number of nitrogens with one attached hydrogen (secondary N) is 1. The Labute approximate surface area is 284 Å². The summed E-state index contributed by atoms with van der Waals surface area (Å²) < 4.78 is 33.1. The summed E-state index contributed by atoms with van der Waals surface area (Å²) in [6.07, 6.45) is 32.7. The number of benzene rings is 2. The monoisotopic (exact) mass is 657 g/mol. The maximum absolute atomic E-state index is 14.3. The van der Waals surface area contributed by atoms with Crippen LogP contribution in [0, 0.1) is 17.6 Å². The maximum atomic E-state index is 14.3. The van der Waals surface area contributed by atoms with Gasteiger partial charge < -0.3 is 10.1 Å². The van der Waals surface area contributed by atoms with E-state index in [1.165, 1.54) is 24.3 Å². The van der Waals surface area contributed by atoms with E-state index in [1.54, 1.807) is 0 Å². The number of aldehydes is 1. The van der Waals surface area contributed by atoms with E-state index in [0.717, 1.165) is 50.7 Å². The van der Waals surface area contributed by atoms with E-state index in [9.17, 15) is 23.2 Å². The lowest BCUT2D eigenvalue weighted by molar-refractivity contribution is -0.139. The molecule has 0 saturated heterocycles. The summed E-state index contributed by atoms with van der Waals surface area (Å²) in [5, 5.41) is 2.76. The van der Waals surface area contributed by atoms with E-state index in [0.29, 0.717) is 24.7 Å². The van der Waals surface area contributed by atoms with E-state index in [1.807, 2.05) is 26.0 Å². The molecule has 1 atom stereocenters. The molecular weight excluding hydrogens is 608 g/mol. The topological polar surface area (TPSA) is 72.5 Å². The smallest absolute Gasteiger partial charge is 0.334 e. The minimum absolute atomic E-state index is 0.0118. The first-order chi connectivity index (χ1) is 23.2. The minimum atomic E-state index is -0.906. The molecule has 2 rings (SSSR count). The van der Waals surface area contributed by atoms with Crippen molar-refractivity contribution in [3.8, 4) is 16.9 Å². The van der Waals surface area contributed by atoms with Crippen molar-refractivity contribution >= 4 is 18.2 Å². The van der Waals surface area contributed by atoms with Crippen LogP contribution in [-0.4, -0.2) is 24.2 Å². The molecule has 0 fully saturated rings. The highest BCUT2D eigenvalue weighted by Gasteiger charge is 2.25. The molecule has 0 bridgehead atoms. The first kappa shape index (κ1) is 39.5. The number of hydrogen-bond donors (Lipinski definition) is 1. The quantitative estimate of drug-likeness (QED) is 0.0628. The molecule has 0 saturated carbocycles. The van der Waals surface area contributed by atoms with Crippen molar-refractivity contribution in [2.75, 3.05) is 0 Å². The lowest BCUT2D eigenvalue weighted by Crippen LogP contribution is -2.43. The molecule has 0 aliphatic heterocycles. The molecule has 1 N–H and O–H groups in total. The van der Waals surface area contributed by atoms with Crippen LogP contribution in [0.2, 0.25) is 0 Å². The van der Waals surface area contributed by atoms with Gasteiger partial charge in [0.1, 0.15) is 23.4 Å². The number of ether oxygens (including phenoxy) is 1. The molecule has 1 amide bonds. The maximum Gasteiger partial charge on any atom is 0.334 e. The molecule has 7 heteroatoms. The molecule has 2 aromatic rings. The van der Waals surface area contributed by atoms with Gasteiger partial charge in [-0.15, -0.1) is 0 Å². The summed E-state index contributed by atoms with van der Waals surface area (Å²) in [5.74, 6) is -2.40. The lowest BCUT2D eigenvalue weighted by atomic mass is 10.0. The van der Waals surface area contributed by atoms with Gasteiger partial charge in [0.05, 0.1) is 5.56 Å². The summed E-state index contributed by atoms with van der Waals surface area (Å²) in [4.78, 5) is 37.5. The second-order valence-corrected chi connectivity index (χ2v) is 11.6. The first-order valence-electron chi connectivity index (χ1n) is 16.7. The van der Waals surface area contributed by atoms with E-state index >= 15 is 0 Å². The number of esters is 1. The van der Waals surface area contributed by atoms with Gasteiger partial charge in [-0.1, -0.05) is 99.7 Å². The van der Waals surface area contributed by atoms with E-state index < -0.39 is 23.6 Å². The summed E-state index contributed by atoms with van der Waals surface area (Å²) in [7, 11) is 0. The van der Waals surface area contributed by atoms with Gasteiger partial charge in [0.2, 0.25) is 5.91 Å². The van der Waals surface area contributed by atoms with Crippen LogP contribution >= 0.6 is 0 Å². The molecular formula is C41H49F2NO4. The second-order valence-electron chi connectivity index (χ2n) is 11.6. The molecule has 0 aromatic heterocycles. The van der Waals surface area contributed by atoms with Gasteiger partial charge in [0, 0.05) is 18.1 Å². The number of allylic oxidation sites excluding steroid dienone is 12. The minimum Gasteiger partial charge on any atom is -0.424 e. The molecule has 0 aliphatic rings. The van der Waals surface area contributed by atoms with Gasteiger partial charge in [0.15, 0.2) is 6.29 Å². The summed E-state index contributed by atoms with van der Waals surface area (Å²) >= 11 is 0. The highest BCUT2D eigenvalue weighted by molar-refractivity contribution is 5.88. The lowest BCUT2D eigenvalue weighted by Gasteiger charge is -2.20. The summed E-state index contributed by atoms with van der Waals surface area (Å²) in [5.41, 5.74) is 0.460. The third-order valence-corrected chi connectivity index (χ3v) is 7.05. The predicted molar refractivity (Wildman–Crippen MR) is 192 cm³/mol. The Hall–Kier alpha value is -4.65. The molecule has 0 heterocycles. The Balaban J connectivity index is 1.76. The fourth-order valence-corrected chi connectivity index (χ4v) is 4.61. The van der Waals surface area contributed by atoms with Gasteiger partial charge in [-0.2, -0.15) is 0 Å². The van der Waals surface area contributed by atoms with Crippen LogP contribution in [0.4, 0.5) is 8.78 Å². The van der Waals surface area contributed by atoms with Crippen molar-refractivity contribution in [1.29, 1.82) is 0 Å². The summed E-state index contributed by atoms with van der Waals surface area (Å²) in [6, 6.07) is 6.47. The van der Waals surface area contributed by atoms with Crippen LogP contribution in [0.5, 0.6) is 5.75 Å². The van der Waals surface area contributed by atoms with Crippen LogP contribution in [0.15, 0.2) is 109 Å². The van der Waals surface area contributed by atoms with E-state index in [4.69, 9.17) is 4.74 Å². The van der Waals surface area contributed by atoms with Gasteiger partial charge in [-0.3, -0.25) is 9.59 Å². The van der Waals surface area contributed by atoms with Crippen molar-refractivity contribution < 1.29 is 27.9 Å². The number of carbonyl (C=O) groups is 3. The molecule has 1 unspecified atom stereocenters. The van der Waals surface area contributed by atoms with Gasteiger partial charge in [-0.05, 0) is 87.1 Å². The zero-order valence-corrected chi connectivity index (χ0v) is 28.4. The number of hydrogen-bond acceptors (Lipinski definition) is 4. The van der Waals surface area contributed by atoms with Crippen molar-refractivity contribution in [1.82, 2.24) is 5.32 Å². The Morgan fingerprint density at radius 3 is 1.85 bits per heavy atom. The highest BCUT2D eigenvalue weighted by Crippen LogP contribution is 2.28. The molecule has 0 aliphatic carbocycles. The third kappa shape index (κ3) is 16.3. The van der Waals surface area contributed by atoms with Crippen LogP contribution < -0.4 is 10.1 Å². The fourth-order valence-electron chi connectivity index (χ4n) is 4.61. The van der Waals surface area contributed by atoms with Crippen LogP contribution in [-0.2, 0) is 9.59 Å². The SMILES string of the molecule is CC/C=C\C/C=C\C/C=C\C/C=C\C/C=C\C/C=C\CCC(=O)NC(CC(C)C)C(=O)Oc1ccc(-c2ccc(F)cc2F)cc1C=O. The van der Waals surface area contributed by atoms with E-state index in [2.05, 4.69) is 73.0 Å². The largest absolute Gasteiger partial charge is 0.424 e. The Kier molecular flexibility index (Phi) is 19.5.